The van der Waals surface area contributed by atoms with Gasteiger partial charge in [0.25, 0.3) is 5.91 Å². The highest BCUT2D eigenvalue weighted by molar-refractivity contribution is 5.93. The van der Waals surface area contributed by atoms with Crippen LogP contribution in [0.4, 0.5) is 0 Å². The quantitative estimate of drug-likeness (QED) is 0.893. The molecule has 0 aliphatic rings. The van der Waals surface area contributed by atoms with Crippen molar-refractivity contribution in [2.45, 2.75) is 19.4 Å². The molecule has 0 saturated carbocycles. The molecule has 0 radical (unpaired) electrons. The zero-order chi connectivity index (χ0) is 14.6. The van der Waals surface area contributed by atoms with Crippen molar-refractivity contribution in [1.29, 1.82) is 0 Å². The predicted octanol–water partition coefficient (Wildman–Crippen LogP) is 2.03. The summed E-state index contributed by atoms with van der Waals surface area (Å²) in [5.41, 5.74) is 1.01. The van der Waals surface area contributed by atoms with Gasteiger partial charge in [-0.05, 0) is 31.5 Å². The summed E-state index contributed by atoms with van der Waals surface area (Å²) in [6, 6.07) is 12.8. The summed E-state index contributed by atoms with van der Waals surface area (Å²) in [6.07, 6.45) is 1.53. The fourth-order valence-corrected chi connectivity index (χ4v) is 1.86. The van der Waals surface area contributed by atoms with Crippen LogP contribution in [0.2, 0.25) is 0 Å². The van der Waals surface area contributed by atoms with Gasteiger partial charge in [0.1, 0.15) is 5.60 Å². The number of carbonyl (C=O) groups is 1. The number of rotatable bonds is 4. The van der Waals surface area contributed by atoms with Gasteiger partial charge in [0.2, 0.25) is 0 Å². The zero-order valence-corrected chi connectivity index (χ0v) is 11.6. The maximum Gasteiger partial charge on any atom is 0.252 e. The smallest absolute Gasteiger partial charge is 0.252 e. The fraction of sp³-hybridized carbons (Fsp3) is 0.250. The molecule has 0 saturated heterocycles. The second-order valence-corrected chi connectivity index (χ2v) is 5.01. The number of hydrogen-bond acceptors (Lipinski definition) is 3. The number of carbonyl (C=O) groups excluding carboxylic acids is 1. The van der Waals surface area contributed by atoms with Crippen LogP contribution in [0, 0.1) is 6.92 Å². The van der Waals surface area contributed by atoms with E-state index in [0.717, 1.165) is 11.3 Å². The number of nitrogens with zero attached hydrogens (tertiary/aromatic N) is 1. The molecule has 2 aromatic rings. The van der Waals surface area contributed by atoms with E-state index in [0.29, 0.717) is 5.56 Å². The van der Waals surface area contributed by atoms with E-state index < -0.39 is 5.60 Å². The Morgan fingerprint density at radius 3 is 2.55 bits per heavy atom. The molecule has 1 unspecified atom stereocenters. The van der Waals surface area contributed by atoms with E-state index in [9.17, 15) is 9.90 Å². The van der Waals surface area contributed by atoms with Gasteiger partial charge >= 0.3 is 0 Å². The van der Waals surface area contributed by atoms with Crippen LogP contribution in [0.25, 0.3) is 0 Å². The Morgan fingerprint density at radius 1 is 1.25 bits per heavy atom. The molecule has 0 aliphatic carbocycles. The van der Waals surface area contributed by atoms with Crippen molar-refractivity contribution < 1.29 is 9.90 Å². The number of nitrogens with one attached hydrogen (secondary N) is 1. The van der Waals surface area contributed by atoms with Crippen LogP contribution in [0.15, 0.2) is 48.7 Å². The highest BCUT2D eigenvalue weighted by atomic mass is 16.3. The number of aliphatic hydroxyl groups is 1. The summed E-state index contributed by atoms with van der Waals surface area (Å²) in [6.45, 7) is 3.68. The van der Waals surface area contributed by atoms with Crippen LogP contribution < -0.4 is 5.32 Å². The predicted molar refractivity (Wildman–Crippen MR) is 77.3 cm³/mol. The molecule has 0 aliphatic heterocycles. The minimum atomic E-state index is -1.10. The number of benzene rings is 1. The Labute approximate surface area is 118 Å². The minimum absolute atomic E-state index is 0.143. The summed E-state index contributed by atoms with van der Waals surface area (Å²) in [7, 11) is 0. The van der Waals surface area contributed by atoms with Gasteiger partial charge in [-0.1, -0.05) is 30.3 Å². The first kappa shape index (κ1) is 14.2. The Morgan fingerprint density at radius 2 is 1.95 bits per heavy atom. The summed E-state index contributed by atoms with van der Waals surface area (Å²) < 4.78 is 0. The number of hydrogen-bond donors (Lipinski definition) is 2. The van der Waals surface area contributed by atoms with Crippen LogP contribution in [-0.2, 0) is 5.60 Å². The third-order valence-electron chi connectivity index (χ3n) is 3.16. The number of aromatic nitrogens is 1. The molecule has 0 spiro atoms. The second kappa shape index (κ2) is 5.84. The van der Waals surface area contributed by atoms with E-state index in [-0.39, 0.29) is 12.5 Å². The van der Waals surface area contributed by atoms with Crippen molar-refractivity contribution in [2.75, 3.05) is 6.54 Å². The largest absolute Gasteiger partial charge is 0.384 e. The van der Waals surface area contributed by atoms with Crippen molar-refractivity contribution in [3.05, 3.63) is 65.5 Å². The molecule has 2 rings (SSSR count). The van der Waals surface area contributed by atoms with Crippen molar-refractivity contribution in [3.63, 3.8) is 0 Å². The van der Waals surface area contributed by atoms with Gasteiger partial charge in [0, 0.05) is 11.9 Å². The number of aryl methyl sites for hydroxylation is 1. The topological polar surface area (TPSA) is 62.2 Å². The first-order valence-corrected chi connectivity index (χ1v) is 6.48. The standard InChI is InChI=1S/C16H18N2O2/c1-12-8-9-13(10-17-12)15(19)18-11-16(2,20)14-6-4-3-5-7-14/h3-10,20H,11H2,1-2H3,(H,18,19). The zero-order valence-electron chi connectivity index (χ0n) is 11.6. The molecule has 4 nitrogen and oxygen atoms in total. The highest BCUT2D eigenvalue weighted by Gasteiger charge is 2.23. The van der Waals surface area contributed by atoms with Crippen LogP contribution in [-0.4, -0.2) is 22.5 Å². The van der Waals surface area contributed by atoms with Gasteiger partial charge in [0.15, 0.2) is 0 Å². The van der Waals surface area contributed by atoms with Crippen molar-refractivity contribution in [1.82, 2.24) is 10.3 Å². The molecule has 1 heterocycles. The molecule has 1 amide bonds. The first-order valence-electron chi connectivity index (χ1n) is 6.48. The molecular formula is C16H18N2O2. The number of amides is 1. The van der Waals surface area contributed by atoms with Crippen molar-refractivity contribution in [2.24, 2.45) is 0 Å². The Bertz CT molecular complexity index is 577. The lowest BCUT2D eigenvalue weighted by molar-refractivity contribution is 0.0526. The molecule has 1 aromatic heterocycles. The molecule has 1 aromatic carbocycles. The van der Waals surface area contributed by atoms with Crippen LogP contribution in [0.5, 0.6) is 0 Å². The maximum absolute atomic E-state index is 12.0. The highest BCUT2D eigenvalue weighted by Crippen LogP contribution is 2.19. The molecular weight excluding hydrogens is 252 g/mol. The SMILES string of the molecule is Cc1ccc(C(=O)NCC(C)(O)c2ccccc2)cn1. The van der Waals surface area contributed by atoms with Crippen LogP contribution >= 0.6 is 0 Å². The average Bonchev–Trinajstić information content (AvgIpc) is 2.46. The van der Waals surface area contributed by atoms with E-state index in [2.05, 4.69) is 10.3 Å². The molecule has 0 bridgehead atoms. The monoisotopic (exact) mass is 270 g/mol. The van der Waals surface area contributed by atoms with Gasteiger partial charge in [-0.2, -0.15) is 0 Å². The minimum Gasteiger partial charge on any atom is -0.384 e. The molecule has 0 fully saturated rings. The van der Waals surface area contributed by atoms with Gasteiger partial charge in [-0.15, -0.1) is 0 Å². The maximum atomic E-state index is 12.0. The molecule has 104 valence electrons. The van der Waals surface area contributed by atoms with Crippen LogP contribution in [0.3, 0.4) is 0 Å². The van der Waals surface area contributed by atoms with Crippen molar-refractivity contribution >= 4 is 5.91 Å². The van der Waals surface area contributed by atoms with Gasteiger partial charge < -0.3 is 10.4 Å². The summed E-state index contributed by atoms with van der Waals surface area (Å²) in [5.74, 6) is -0.242. The van der Waals surface area contributed by atoms with Crippen LogP contribution in [0.1, 0.15) is 28.5 Å². The van der Waals surface area contributed by atoms with Gasteiger partial charge in [-0.25, -0.2) is 0 Å². The fourth-order valence-electron chi connectivity index (χ4n) is 1.86. The Kier molecular flexibility index (Phi) is 4.15. The lowest BCUT2D eigenvalue weighted by atomic mass is 9.96. The Balaban J connectivity index is 2.01. The molecule has 1 atom stereocenters. The second-order valence-electron chi connectivity index (χ2n) is 5.01. The van der Waals surface area contributed by atoms with E-state index in [4.69, 9.17) is 0 Å². The average molecular weight is 270 g/mol. The lowest BCUT2D eigenvalue weighted by Gasteiger charge is -2.24. The molecule has 4 heteroatoms. The third-order valence-corrected chi connectivity index (χ3v) is 3.16. The van der Waals surface area contributed by atoms with E-state index >= 15 is 0 Å². The summed E-state index contributed by atoms with van der Waals surface area (Å²) in [5, 5.41) is 13.1. The van der Waals surface area contributed by atoms with Gasteiger partial charge in [0.05, 0.1) is 12.1 Å². The van der Waals surface area contributed by atoms with E-state index in [1.54, 1.807) is 19.1 Å². The van der Waals surface area contributed by atoms with E-state index in [1.165, 1.54) is 6.20 Å². The lowest BCUT2D eigenvalue weighted by Crippen LogP contribution is -2.38. The van der Waals surface area contributed by atoms with Crippen molar-refractivity contribution in [3.8, 4) is 0 Å². The molecule has 20 heavy (non-hydrogen) atoms. The van der Waals surface area contributed by atoms with E-state index in [1.807, 2.05) is 37.3 Å². The Hall–Kier alpha value is -2.20. The first-order chi connectivity index (χ1) is 9.49. The summed E-state index contributed by atoms with van der Waals surface area (Å²) in [4.78, 5) is 16.1. The third kappa shape index (κ3) is 3.42. The summed E-state index contributed by atoms with van der Waals surface area (Å²) >= 11 is 0. The molecule has 2 N–H and O–H groups in total. The van der Waals surface area contributed by atoms with Gasteiger partial charge in [-0.3, -0.25) is 9.78 Å². The normalized spacial score (nSPS) is 13.6. The number of pyridine rings is 1.